The molecule has 0 aromatic rings. The zero-order valence-corrected chi connectivity index (χ0v) is 7.88. The first kappa shape index (κ1) is 11.9. The Hall–Kier alpha value is -1.06. The van der Waals surface area contributed by atoms with E-state index >= 15 is 0 Å². The number of carbonyl (C=O) groups excluding carboxylic acids is 2. The van der Waals surface area contributed by atoms with Crippen molar-refractivity contribution in [1.29, 1.82) is 0 Å². The van der Waals surface area contributed by atoms with Gasteiger partial charge in [-0.2, -0.15) is 0 Å². The van der Waals surface area contributed by atoms with Crippen LogP contribution in [0.1, 0.15) is 32.6 Å². The minimum Gasteiger partial charge on any atom is -0.460 e. The summed E-state index contributed by atoms with van der Waals surface area (Å²) in [6.07, 6.45) is 3.20. The van der Waals surface area contributed by atoms with E-state index in [9.17, 15) is 9.59 Å². The van der Waals surface area contributed by atoms with Crippen LogP contribution in [0.25, 0.3) is 0 Å². The van der Waals surface area contributed by atoms with Crippen molar-refractivity contribution >= 4 is 11.9 Å². The van der Waals surface area contributed by atoms with E-state index in [1.54, 1.807) is 0 Å². The van der Waals surface area contributed by atoms with Crippen molar-refractivity contribution in [2.24, 2.45) is 0 Å². The van der Waals surface area contributed by atoms with Gasteiger partial charge in [0.25, 0.3) is 0 Å². The van der Waals surface area contributed by atoms with E-state index in [-0.39, 0.29) is 12.6 Å². The summed E-state index contributed by atoms with van der Waals surface area (Å²) < 4.78 is 8.65. The van der Waals surface area contributed by atoms with Crippen LogP contribution in [0.4, 0.5) is 0 Å². The van der Waals surface area contributed by atoms with Crippen LogP contribution in [0.15, 0.2) is 0 Å². The molecule has 4 heteroatoms. The summed E-state index contributed by atoms with van der Waals surface area (Å²) in [5.74, 6) is -0.998. The molecule has 0 aliphatic rings. The Balaban J connectivity index is 3.35. The highest BCUT2D eigenvalue weighted by Crippen LogP contribution is 2.00. The second-order valence-corrected chi connectivity index (χ2v) is 2.63. The van der Waals surface area contributed by atoms with Crippen molar-refractivity contribution in [1.82, 2.24) is 0 Å². The summed E-state index contributed by atoms with van der Waals surface area (Å²) in [5.41, 5.74) is 0. The molecule has 0 aliphatic carbocycles. The van der Waals surface area contributed by atoms with Gasteiger partial charge in [0, 0.05) is 6.42 Å². The molecule has 0 aliphatic heterocycles. The molecule has 13 heavy (non-hydrogen) atoms. The van der Waals surface area contributed by atoms with Crippen LogP contribution in [-0.2, 0) is 19.1 Å². The summed E-state index contributed by atoms with van der Waals surface area (Å²) in [5, 5.41) is 0. The Kier molecular flexibility index (Phi) is 6.96. The van der Waals surface area contributed by atoms with E-state index in [0.29, 0.717) is 6.42 Å². The number of esters is 2. The molecule has 0 fully saturated rings. The molecule has 0 bridgehead atoms. The number of rotatable bonds is 6. The van der Waals surface area contributed by atoms with E-state index in [0.717, 1.165) is 19.3 Å². The topological polar surface area (TPSA) is 52.6 Å². The third-order valence-electron chi connectivity index (χ3n) is 1.50. The molecule has 0 saturated carbocycles. The van der Waals surface area contributed by atoms with E-state index in [2.05, 4.69) is 16.6 Å². The molecule has 0 N–H and O–H groups in total. The van der Waals surface area contributed by atoms with Gasteiger partial charge in [0.2, 0.25) is 0 Å². The number of unbranched alkanes of at least 4 members (excludes halogenated alkanes) is 2. The van der Waals surface area contributed by atoms with Crippen LogP contribution in [-0.4, -0.2) is 18.5 Å². The molecular formula is C9H15O4. The molecule has 0 heterocycles. The first-order chi connectivity index (χ1) is 6.20. The van der Waals surface area contributed by atoms with Gasteiger partial charge in [-0.15, -0.1) is 0 Å². The van der Waals surface area contributed by atoms with Gasteiger partial charge in [0.15, 0.2) is 6.61 Å². The maximum Gasteiger partial charge on any atom is 0.344 e. The molecule has 1 radical (unpaired) electrons. The predicted octanol–water partition coefficient (Wildman–Crippen LogP) is 1.44. The number of ether oxygens (including phenoxy) is 2. The first-order valence-corrected chi connectivity index (χ1v) is 4.31. The van der Waals surface area contributed by atoms with Crippen molar-refractivity contribution in [3.8, 4) is 0 Å². The summed E-state index contributed by atoms with van der Waals surface area (Å²) in [6.45, 7) is 1.71. The highest BCUT2D eigenvalue weighted by atomic mass is 16.6. The zero-order valence-electron chi connectivity index (χ0n) is 7.88. The third-order valence-corrected chi connectivity index (χ3v) is 1.50. The average Bonchev–Trinajstić information content (AvgIpc) is 2.14. The fourth-order valence-corrected chi connectivity index (χ4v) is 0.773. The Morgan fingerprint density at radius 2 is 1.92 bits per heavy atom. The van der Waals surface area contributed by atoms with Crippen LogP contribution in [0, 0.1) is 7.11 Å². The molecule has 75 valence electrons. The van der Waals surface area contributed by atoms with Gasteiger partial charge in [-0.3, -0.25) is 4.79 Å². The number of hydrogen-bond donors (Lipinski definition) is 0. The smallest absolute Gasteiger partial charge is 0.344 e. The molecule has 0 amide bonds. The standard InChI is InChI=1S/C9H15O4/c1-3-4-5-6-8(10)13-7-9(11)12-2/h2-7H2,1H3. The zero-order chi connectivity index (χ0) is 10.1. The van der Waals surface area contributed by atoms with Gasteiger partial charge in [-0.25, -0.2) is 4.79 Å². The Bertz CT molecular complexity index is 165. The van der Waals surface area contributed by atoms with E-state index in [4.69, 9.17) is 0 Å². The van der Waals surface area contributed by atoms with Crippen LogP contribution in [0.2, 0.25) is 0 Å². The fraction of sp³-hybridized carbons (Fsp3) is 0.667. The van der Waals surface area contributed by atoms with E-state index < -0.39 is 5.97 Å². The first-order valence-electron chi connectivity index (χ1n) is 4.31. The normalized spacial score (nSPS) is 9.38. The second-order valence-electron chi connectivity index (χ2n) is 2.63. The van der Waals surface area contributed by atoms with Crippen molar-refractivity contribution < 1.29 is 19.1 Å². The molecule has 0 unspecified atom stereocenters. The number of hydrogen-bond acceptors (Lipinski definition) is 4. The monoisotopic (exact) mass is 187 g/mol. The Morgan fingerprint density at radius 1 is 1.23 bits per heavy atom. The van der Waals surface area contributed by atoms with Gasteiger partial charge >= 0.3 is 11.9 Å². The van der Waals surface area contributed by atoms with Gasteiger partial charge in [0.05, 0.1) is 0 Å². The van der Waals surface area contributed by atoms with Gasteiger partial charge in [-0.05, 0) is 6.42 Å². The maximum atomic E-state index is 10.9. The van der Waals surface area contributed by atoms with Crippen LogP contribution < -0.4 is 0 Å². The molecule has 4 nitrogen and oxygen atoms in total. The van der Waals surface area contributed by atoms with Crippen molar-refractivity contribution in [3.05, 3.63) is 7.11 Å². The van der Waals surface area contributed by atoms with Gasteiger partial charge in [-0.1, -0.05) is 19.8 Å². The average molecular weight is 187 g/mol. The molecule has 0 saturated heterocycles. The predicted molar refractivity (Wildman–Crippen MR) is 46.6 cm³/mol. The summed E-state index contributed by atoms with van der Waals surface area (Å²) in [7, 11) is 2.90. The van der Waals surface area contributed by atoms with Gasteiger partial charge < -0.3 is 9.47 Å². The van der Waals surface area contributed by atoms with E-state index in [1.807, 2.05) is 6.92 Å². The lowest BCUT2D eigenvalue weighted by atomic mass is 10.2. The molecule has 0 aromatic heterocycles. The third kappa shape index (κ3) is 7.31. The lowest BCUT2D eigenvalue weighted by Gasteiger charge is -2.02. The minimum absolute atomic E-state index is 0.339. The largest absolute Gasteiger partial charge is 0.460 e. The molecule has 0 aromatic carbocycles. The summed E-state index contributed by atoms with van der Waals surface area (Å²) in [6, 6.07) is 0. The molecule has 0 spiro atoms. The molecule has 0 atom stereocenters. The minimum atomic E-state index is -0.635. The highest BCUT2D eigenvalue weighted by Gasteiger charge is 2.06. The SMILES string of the molecule is [CH2]OC(=O)COC(=O)CCCCC. The fourth-order valence-electron chi connectivity index (χ4n) is 0.773. The molecular weight excluding hydrogens is 172 g/mol. The Labute approximate surface area is 78.2 Å². The summed E-state index contributed by atoms with van der Waals surface area (Å²) >= 11 is 0. The lowest BCUT2D eigenvalue weighted by molar-refractivity contribution is -0.155. The van der Waals surface area contributed by atoms with Crippen molar-refractivity contribution in [2.75, 3.05) is 6.61 Å². The van der Waals surface area contributed by atoms with Crippen LogP contribution >= 0.6 is 0 Å². The quantitative estimate of drug-likeness (QED) is 0.466. The van der Waals surface area contributed by atoms with Crippen LogP contribution in [0.5, 0.6) is 0 Å². The van der Waals surface area contributed by atoms with Crippen LogP contribution in [0.3, 0.4) is 0 Å². The van der Waals surface area contributed by atoms with Crippen molar-refractivity contribution in [3.63, 3.8) is 0 Å². The highest BCUT2D eigenvalue weighted by molar-refractivity contribution is 5.76. The lowest BCUT2D eigenvalue weighted by Crippen LogP contribution is -2.14. The van der Waals surface area contributed by atoms with E-state index in [1.165, 1.54) is 0 Å². The van der Waals surface area contributed by atoms with Crippen molar-refractivity contribution in [2.45, 2.75) is 32.6 Å². The maximum absolute atomic E-state index is 10.9. The van der Waals surface area contributed by atoms with Gasteiger partial charge in [0.1, 0.15) is 7.11 Å². The second kappa shape index (κ2) is 7.58. The molecule has 0 rings (SSSR count). The Morgan fingerprint density at radius 3 is 2.46 bits per heavy atom. The number of carbonyl (C=O) groups is 2. The summed E-state index contributed by atoms with van der Waals surface area (Å²) in [4.78, 5) is 21.4.